The summed E-state index contributed by atoms with van der Waals surface area (Å²) in [6.45, 7) is 2.09. The highest BCUT2D eigenvalue weighted by atomic mass is 16.5. The van der Waals surface area contributed by atoms with Gasteiger partial charge in [-0.05, 0) is 31.2 Å². The second-order valence-corrected chi connectivity index (χ2v) is 5.25. The van der Waals surface area contributed by atoms with Gasteiger partial charge in [-0.2, -0.15) is 0 Å². The first kappa shape index (κ1) is 15.7. The van der Waals surface area contributed by atoms with Crippen molar-refractivity contribution in [3.05, 3.63) is 66.1 Å². The average Bonchev–Trinajstić information content (AvgIpc) is 3.08. The highest BCUT2D eigenvalue weighted by Gasteiger charge is 2.10. The number of carbonyl (C=O) groups is 1. The van der Waals surface area contributed by atoms with Crippen molar-refractivity contribution in [1.82, 2.24) is 15.5 Å². The Bertz CT molecular complexity index is 815. The van der Waals surface area contributed by atoms with Crippen molar-refractivity contribution in [2.24, 2.45) is 0 Å². The summed E-state index contributed by atoms with van der Waals surface area (Å²) in [4.78, 5) is 11.8. The molecule has 3 rings (SSSR count). The van der Waals surface area contributed by atoms with Crippen LogP contribution in [0.3, 0.4) is 0 Å². The molecule has 1 heterocycles. The Morgan fingerprint density at radius 1 is 1.12 bits per heavy atom. The van der Waals surface area contributed by atoms with Crippen molar-refractivity contribution >= 4 is 5.91 Å². The van der Waals surface area contributed by atoms with Crippen molar-refractivity contribution in [3.8, 4) is 17.2 Å². The lowest BCUT2D eigenvalue weighted by Gasteiger charge is -2.05. The predicted octanol–water partition coefficient (Wildman–Crippen LogP) is 2.74. The van der Waals surface area contributed by atoms with Crippen LogP contribution in [0.4, 0.5) is 0 Å². The molecular formula is C18H17N3O3. The van der Waals surface area contributed by atoms with E-state index in [-0.39, 0.29) is 19.1 Å². The first-order chi connectivity index (χ1) is 11.7. The van der Waals surface area contributed by atoms with E-state index in [4.69, 9.17) is 9.15 Å². The van der Waals surface area contributed by atoms with Crippen LogP contribution in [0.15, 0.2) is 59.0 Å². The highest BCUT2D eigenvalue weighted by molar-refractivity contribution is 5.77. The van der Waals surface area contributed by atoms with E-state index in [9.17, 15) is 4.79 Å². The molecule has 3 aromatic rings. The number of benzene rings is 2. The maximum absolute atomic E-state index is 11.8. The lowest BCUT2D eigenvalue weighted by atomic mass is 10.1. The van der Waals surface area contributed by atoms with E-state index >= 15 is 0 Å². The number of aromatic nitrogens is 2. The van der Waals surface area contributed by atoms with E-state index in [0.29, 0.717) is 17.5 Å². The van der Waals surface area contributed by atoms with Gasteiger partial charge in [0.15, 0.2) is 6.61 Å². The number of carbonyl (C=O) groups excluding carboxylic acids is 1. The third-order valence-electron chi connectivity index (χ3n) is 3.28. The molecule has 0 aliphatic rings. The van der Waals surface area contributed by atoms with Crippen LogP contribution in [-0.2, 0) is 11.3 Å². The zero-order chi connectivity index (χ0) is 16.8. The van der Waals surface area contributed by atoms with Gasteiger partial charge in [0.05, 0.1) is 6.54 Å². The van der Waals surface area contributed by atoms with Gasteiger partial charge in [0.1, 0.15) is 5.75 Å². The normalized spacial score (nSPS) is 10.4. The van der Waals surface area contributed by atoms with Crippen LogP contribution in [0.1, 0.15) is 11.5 Å². The minimum atomic E-state index is -0.255. The number of rotatable bonds is 6. The summed E-state index contributed by atoms with van der Waals surface area (Å²) in [5, 5.41) is 10.6. The van der Waals surface area contributed by atoms with Gasteiger partial charge in [0.25, 0.3) is 5.91 Å². The monoisotopic (exact) mass is 323 g/mol. The maximum atomic E-state index is 11.8. The fourth-order valence-electron chi connectivity index (χ4n) is 2.11. The van der Waals surface area contributed by atoms with Crippen LogP contribution in [0.2, 0.25) is 0 Å². The molecule has 2 aromatic carbocycles. The van der Waals surface area contributed by atoms with Gasteiger partial charge in [0.2, 0.25) is 11.8 Å². The molecule has 0 radical (unpaired) electrons. The summed E-state index contributed by atoms with van der Waals surface area (Å²) in [5.41, 5.74) is 1.96. The standard InChI is InChI=1S/C18H17N3O3/c1-13-6-5-7-14(10-13)18-21-20-17(24-18)11-19-16(22)12-23-15-8-3-2-4-9-15/h2-10H,11-12H2,1H3,(H,19,22). The van der Waals surface area contributed by atoms with Crippen molar-refractivity contribution in [1.29, 1.82) is 0 Å². The van der Waals surface area contributed by atoms with Gasteiger partial charge in [0, 0.05) is 5.56 Å². The average molecular weight is 323 g/mol. The number of hydrogen-bond acceptors (Lipinski definition) is 5. The van der Waals surface area contributed by atoms with Gasteiger partial charge in [-0.1, -0.05) is 35.9 Å². The van der Waals surface area contributed by atoms with Crippen LogP contribution in [0.5, 0.6) is 5.75 Å². The first-order valence-electron chi connectivity index (χ1n) is 7.55. The molecule has 0 unspecified atom stereocenters. The van der Waals surface area contributed by atoms with Gasteiger partial charge in [-0.3, -0.25) is 4.79 Å². The first-order valence-corrected chi connectivity index (χ1v) is 7.55. The molecule has 1 N–H and O–H groups in total. The quantitative estimate of drug-likeness (QED) is 0.755. The topological polar surface area (TPSA) is 77.2 Å². The van der Waals surface area contributed by atoms with Crippen LogP contribution in [0.25, 0.3) is 11.5 Å². The molecule has 6 nitrogen and oxygen atoms in total. The fourth-order valence-corrected chi connectivity index (χ4v) is 2.11. The molecule has 6 heteroatoms. The van der Waals surface area contributed by atoms with Crippen LogP contribution in [0, 0.1) is 6.92 Å². The number of amides is 1. The Balaban J connectivity index is 1.51. The Morgan fingerprint density at radius 3 is 2.75 bits per heavy atom. The second kappa shape index (κ2) is 7.41. The van der Waals surface area contributed by atoms with Crippen molar-refractivity contribution in [2.75, 3.05) is 6.61 Å². The molecule has 0 aliphatic heterocycles. The maximum Gasteiger partial charge on any atom is 0.258 e. The molecule has 0 spiro atoms. The van der Waals surface area contributed by atoms with Gasteiger partial charge < -0.3 is 14.5 Å². The number of aryl methyl sites for hydroxylation is 1. The van der Waals surface area contributed by atoms with Crippen LogP contribution in [-0.4, -0.2) is 22.7 Å². The molecule has 1 aromatic heterocycles. The van der Waals surface area contributed by atoms with Gasteiger partial charge >= 0.3 is 0 Å². The predicted molar refractivity (Wildman–Crippen MR) is 88.3 cm³/mol. The van der Waals surface area contributed by atoms with Gasteiger partial charge in [-0.25, -0.2) is 0 Å². The smallest absolute Gasteiger partial charge is 0.258 e. The number of hydrogen-bond donors (Lipinski definition) is 1. The van der Waals surface area contributed by atoms with E-state index in [2.05, 4.69) is 15.5 Å². The number of para-hydroxylation sites is 1. The minimum absolute atomic E-state index is 0.0666. The molecule has 0 aliphatic carbocycles. The van der Waals surface area contributed by atoms with E-state index in [0.717, 1.165) is 11.1 Å². The Kier molecular flexibility index (Phi) is 4.86. The molecule has 0 bridgehead atoms. The SMILES string of the molecule is Cc1cccc(-c2nnc(CNC(=O)COc3ccccc3)o2)c1. The van der Waals surface area contributed by atoms with E-state index in [1.54, 1.807) is 12.1 Å². The third-order valence-corrected chi connectivity index (χ3v) is 3.28. The molecular weight excluding hydrogens is 306 g/mol. The van der Waals surface area contributed by atoms with Gasteiger partial charge in [-0.15, -0.1) is 10.2 Å². The molecule has 24 heavy (non-hydrogen) atoms. The molecule has 1 amide bonds. The van der Waals surface area contributed by atoms with Crippen LogP contribution >= 0.6 is 0 Å². The summed E-state index contributed by atoms with van der Waals surface area (Å²) < 4.78 is 10.9. The summed E-state index contributed by atoms with van der Waals surface area (Å²) in [7, 11) is 0. The third kappa shape index (κ3) is 4.19. The Labute approximate surface area is 139 Å². The number of ether oxygens (including phenoxy) is 1. The Hall–Kier alpha value is -3.15. The summed E-state index contributed by atoms with van der Waals surface area (Å²) >= 11 is 0. The number of nitrogens with zero attached hydrogens (tertiary/aromatic N) is 2. The van der Waals surface area contributed by atoms with E-state index < -0.39 is 0 Å². The lowest BCUT2D eigenvalue weighted by Crippen LogP contribution is -2.28. The molecule has 0 saturated carbocycles. The van der Waals surface area contributed by atoms with Crippen molar-refractivity contribution in [2.45, 2.75) is 13.5 Å². The van der Waals surface area contributed by atoms with Crippen molar-refractivity contribution in [3.63, 3.8) is 0 Å². The van der Waals surface area contributed by atoms with Crippen LogP contribution < -0.4 is 10.1 Å². The fraction of sp³-hybridized carbons (Fsp3) is 0.167. The Morgan fingerprint density at radius 2 is 1.96 bits per heavy atom. The largest absolute Gasteiger partial charge is 0.484 e. The summed E-state index contributed by atoms with van der Waals surface area (Å²) in [6.07, 6.45) is 0. The highest BCUT2D eigenvalue weighted by Crippen LogP contribution is 2.18. The van der Waals surface area contributed by atoms with Crippen molar-refractivity contribution < 1.29 is 13.9 Å². The summed E-state index contributed by atoms with van der Waals surface area (Å²) in [6, 6.07) is 16.9. The molecule has 0 atom stereocenters. The molecule has 122 valence electrons. The molecule has 0 saturated heterocycles. The minimum Gasteiger partial charge on any atom is -0.484 e. The zero-order valence-electron chi connectivity index (χ0n) is 13.2. The second-order valence-electron chi connectivity index (χ2n) is 5.25. The summed E-state index contributed by atoms with van der Waals surface area (Å²) in [5.74, 6) is 1.17. The lowest BCUT2D eigenvalue weighted by molar-refractivity contribution is -0.123. The zero-order valence-corrected chi connectivity index (χ0v) is 13.2. The van der Waals surface area contributed by atoms with E-state index in [1.807, 2.05) is 49.4 Å². The molecule has 0 fully saturated rings. The van der Waals surface area contributed by atoms with E-state index in [1.165, 1.54) is 0 Å². The number of nitrogens with one attached hydrogen (secondary N) is 1.